The third kappa shape index (κ3) is 5.63. The topological polar surface area (TPSA) is 61.8 Å². The fourth-order valence-electron chi connectivity index (χ4n) is 2.45. The average Bonchev–Trinajstić information content (AvgIpc) is 2.53. The predicted molar refractivity (Wildman–Crippen MR) is 105 cm³/mol. The van der Waals surface area contributed by atoms with Crippen molar-refractivity contribution in [1.29, 1.82) is 0 Å². The highest BCUT2D eigenvalue weighted by atomic mass is 32.2. The summed E-state index contributed by atoms with van der Waals surface area (Å²) >= 11 is 0. The molecule has 1 fully saturated rings. The quantitative estimate of drug-likeness (QED) is 0.527. The molecule has 1 aliphatic rings. The van der Waals surface area contributed by atoms with Gasteiger partial charge in [0.1, 0.15) is 6.10 Å². The van der Waals surface area contributed by atoms with Gasteiger partial charge in [-0.05, 0) is 50.0 Å². The van der Waals surface area contributed by atoms with E-state index in [2.05, 4.69) is 33.9 Å². The molecule has 2 atom stereocenters. The van der Waals surface area contributed by atoms with Crippen LogP contribution in [0, 0.1) is 6.92 Å². The van der Waals surface area contributed by atoms with E-state index < -0.39 is 24.5 Å². The molecule has 0 unspecified atom stereocenters. The molecule has 0 radical (unpaired) electrons. The summed E-state index contributed by atoms with van der Waals surface area (Å²) in [4.78, 5) is 0.187. The Labute approximate surface area is 159 Å². The van der Waals surface area contributed by atoms with Gasteiger partial charge >= 0.3 is 0 Å². The first-order valence-corrected chi connectivity index (χ1v) is 13.5. The van der Waals surface area contributed by atoms with Gasteiger partial charge in [0.05, 0.1) is 24.2 Å². The van der Waals surface area contributed by atoms with Gasteiger partial charge in [-0.15, -0.1) is 0 Å². The van der Waals surface area contributed by atoms with Crippen molar-refractivity contribution in [2.75, 3.05) is 13.2 Å². The molecular weight excluding hydrogens is 368 g/mol. The van der Waals surface area contributed by atoms with Crippen LogP contribution in [0.3, 0.4) is 0 Å². The average molecular weight is 401 g/mol. The van der Waals surface area contributed by atoms with Gasteiger partial charge in [0.2, 0.25) is 0 Å². The van der Waals surface area contributed by atoms with E-state index in [4.69, 9.17) is 13.3 Å². The zero-order valence-corrected chi connectivity index (χ0v) is 18.6. The standard InChI is InChI=1S/C19H32O5SSi/c1-15-7-11-18(12-8-15)25(20,21)24-17-10-9-16(22-13-17)14-23-26(5,6)19(2,3)4/h7-8,11-12,16-17H,9-10,13-14H2,1-6H3/t16-,17-/m0/s1. The molecule has 148 valence electrons. The first kappa shape index (κ1) is 21.6. The summed E-state index contributed by atoms with van der Waals surface area (Å²) in [5, 5.41) is 0.162. The number of aryl methyl sites for hydroxylation is 1. The molecule has 1 aromatic carbocycles. The maximum absolute atomic E-state index is 12.4. The second-order valence-electron chi connectivity index (χ2n) is 8.59. The maximum Gasteiger partial charge on any atom is 0.297 e. The molecule has 2 rings (SSSR count). The second kappa shape index (κ2) is 8.10. The lowest BCUT2D eigenvalue weighted by Crippen LogP contribution is -2.44. The van der Waals surface area contributed by atoms with Crippen molar-refractivity contribution in [2.45, 2.75) is 75.8 Å². The molecule has 0 aliphatic carbocycles. The molecule has 1 saturated heterocycles. The second-order valence-corrected chi connectivity index (χ2v) is 15.0. The van der Waals surface area contributed by atoms with E-state index in [1.54, 1.807) is 24.3 Å². The number of hydrogen-bond acceptors (Lipinski definition) is 5. The van der Waals surface area contributed by atoms with Crippen molar-refractivity contribution < 1.29 is 21.8 Å². The van der Waals surface area contributed by atoms with E-state index >= 15 is 0 Å². The van der Waals surface area contributed by atoms with Crippen LogP contribution in [0.25, 0.3) is 0 Å². The number of benzene rings is 1. The Morgan fingerprint density at radius 3 is 2.27 bits per heavy atom. The first-order valence-electron chi connectivity index (χ1n) is 9.16. The summed E-state index contributed by atoms with van der Waals surface area (Å²) in [7, 11) is -5.55. The summed E-state index contributed by atoms with van der Waals surface area (Å²) in [6.07, 6.45) is 0.954. The van der Waals surface area contributed by atoms with Gasteiger partial charge in [-0.25, -0.2) is 0 Å². The van der Waals surface area contributed by atoms with Crippen molar-refractivity contribution in [2.24, 2.45) is 0 Å². The van der Waals surface area contributed by atoms with E-state index in [-0.39, 0.29) is 22.6 Å². The van der Waals surface area contributed by atoms with Gasteiger partial charge in [0.15, 0.2) is 8.32 Å². The molecule has 1 aliphatic heterocycles. The molecule has 1 heterocycles. The third-order valence-corrected chi connectivity index (χ3v) is 11.2. The van der Waals surface area contributed by atoms with E-state index in [0.29, 0.717) is 13.0 Å². The van der Waals surface area contributed by atoms with Crippen molar-refractivity contribution in [3.05, 3.63) is 29.8 Å². The van der Waals surface area contributed by atoms with Crippen LogP contribution in [-0.4, -0.2) is 42.2 Å². The lowest BCUT2D eigenvalue weighted by atomic mass is 10.1. The summed E-state index contributed by atoms with van der Waals surface area (Å²) in [6, 6.07) is 6.68. The summed E-state index contributed by atoms with van der Waals surface area (Å²) in [5.74, 6) is 0. The Morgan fingerprint density at radius 2 is 1.77 bits per heavy atom. The molecule has 0 N–H and O–H groups in total. The molecule has 7 heteroatoms. The molecule has 1 aromatic rings. The third-order valence-electron chi connectivity index (χ3n) is 5.34. The van der Waals surface area contributed by atoms with Crippen molar-refractivity contribution in [3.63, 3.8) is 0 Å². The highest BCUT2D eigenvalue weighted by Crippen LogP contribution is 2.37. The van der Waals surface area contributed by atoms with Crippen molar-refractivity contribution >= 4 is 18.4 Å². The SMILES string of the molecule is Cc1ccc(S(=O)(=O)O[C@H]2CC[C@@H](CO[Si](C)(C)C(C)(C)C)OC2)cc1. The zero-order valence-electron chi connectivity index (χ0n) is 16.7. The van der Waals surface area contributed by atoms with Gasteiger partial charge in [-0.2, -0.15) is 8.42 Å². The van der Waals surface area contributed by atoms with E-state index in [0.717, 1.165) is 12.0 Å². The molecule has 0 bridgehead atoms. The van der Waals surface area contributed by atoms with Gasteiger partial charge in [0.25, 0.3) is 10.1 Å². The van der Waals surface area contributed by atoms with E-state index in [1.165, 1.54) is 0 Å². The molecule has 0 spiro atoms. The lowest BCUT2D eigenvalue weighted by Gasteiger charge is -2.38. The van der Waals surface area contributed by atoms with Crippen LogP contribution in [0.1, 0.15) is 39.2 Å². The predicted octanol–water partition coefficient (Wildman–Crippen LogP) is 4.27. The minimum atomic E-state index is -3.75. The Kier molecular flexibility index (Phi) is 6.72. The smallest absolute Gasteiger partial charge is 0.297 e. The van der Waals surface area contributed by atoms with Gasteiger partial charge < -0.3 is 9.16 Å². The minimum Gasteiger partial charge on any atom is -0.414 e. The van der Waals surface area contributed by atoms with E-state index in [1.807, 2.05) is 6.92 Å². The van der Waals surface area contributed by atoms with Gasteiger partial charge in [-0.1, -0.05) is 38.5 Å². The highest BCUT2D eigenvalue weighted by Gasteiger charge is 2.38. The van der Waals surface area contributed by atoms with Crippen LogP contribution in [0.4, 0.5) is 0 Å². The normalized spacial score (nSPS) is 22.4. The van der Waals surface area contributed by atoms with Crippen molar-refractivity contribution in [3.8, 4) is 0 Å². The molecule has 0 saturated carbocycles. The maximum atomic E-state index is 12.4. The van der Waals surface area contributed by atoms with Crippen LogP contribution in [0.2, 0.25) is 18.1 Å². The largest absolute Gasteiger partial charge is 0.414 e. The Bertz CT molecular complexity index is 684. The monoisotopic (exact) mass is 400 g/mol. The lowest BCUT2D eigenvalue weighted by molar-refractivity contribution is -0.0617. The summed E-state index contributed by atoms with van der Waals surface area (Å²) in [6.45, 7) is 13.8. The Balaban J connectivity index is 1.84. The van der Waals surface area contributed by atoms with Gasteiger partial charge in [0, 0.05) is 0 Å². The van der Waals surface area contributed by atoms with Crippen LogP contribution in [0.15, 0.2) is 29.2 Å². The Morgan fingerprint density at radius 1 is 1.15 bits per heavy atom. The number of hydrogen-bond donors (Lipinski definition) is 0. The molecule has 26 heavy (non-hydrogen) atoms. The number of rotatable bonds is 6. The van der Waals surface area contributed by atoms with Gasteiger partial charge in [-0.3, -0.25) is 4.18 Å². The van der Waals surface area contributed by atoms with Crippen LogP contribution in [-0.2, 0) is 23.5 Å². The molecule has 0 amide bonds. The Hall–Kier alpha value is -0.733. The zero-order chi connectivity index (χ0) is 19.6. The molecular formula is C19H32O5SSi. The minimum absolute atomic E-state index is 0.00561. The van der Waals surface area contributed by atoms with Crippen LogP contribution in [0.5, 0.6) is 0 Å². The van der Waals surface area contributed by atoms with Crippen LogP contribution >= 0.6 is 0 Å². The van der Waals surface area contributed by atoms with Crippen molar-refractivity contribution in [1.82, 2.24) is 0 Å². The molecule has 5 nitrogen and oxygen atoms in total. The highest BCUT2D eigenvalue weighted by molar-refractivity contribution is 7.86. The fourth-order valence-corrected chi connectivity index (χ4v) is 4.57. The summed E-state index contributed by atoms with van der Waals surface area (Å²) < 4.78 is 42.1. The van der Waals surface area contributed by atoms with E-state index in [9.17, 15) is 8.42 Å². The first-order chi connectivity index (χ1) is 11.9. The number of ether oxygens (including phenoxy) is 1. The summed E-state index contributed by atoms with van der Waals surface area (Å²) in [5.41, 5.74) is 1.01. The fraction of sp³-hybridized carbons (Fsp3) is 0.684. The van der Waals surface area contributed by atoms with Crippen LogP contribution < -0.4 is 0 Å². The molecule has 0 aromatic heterocycles.